The Labute approximate surface area is 171 Å². The van der Waals surface area contributed by atoms with Gasteiger partial charge in [-0.25, -0.2) is 4.98 Å². The maximum Gasteiger partial charge on any atom is 0.280 e. The van der Waals surface area contributed by atoms with Gasteiger partial charge in [-0.2, -0.15) is 0 Å². The van der Waals surface area contributed by atoms with Gasteiger partial charge >= 0.3 is 0 Å². The highest BCUT2D eigenvalue weighted by molar-refractivity contribution is 6.05. The van der Waals surface area contributed by atoms with Gasteiger partial charge in [-0.1, -0.05) is 18.2 Å². The van der Waals surface area contributed by atoms with Gasteiger partial charge in [0.25, 0.3) is 5.69 Å². The first-order valence-electron chi connectivity index (χ1n) is 9.19. The number of aromatic nitrogens is 1. The summed E-state index contributed by atoms with van der Waals surface area (Å²) in [7, 11) is 2.86. The summed E-state index contributed by atoms with van der Waals surface area (Å²) < 4.78 is 10.4. The van der Waals surface area contributed by atoms with Crippen molar-refractivity contribution in [1.82, 2.24) is 4.98 Å². The second-order valence-corrected chi connectivity index (χ2v) is 6.81. The smallest absolute Gasteiger partial charge is 0.280 e. The summed E-state index contributed by atoms with van der Waals surface area (Å²) in [6.07, 6.45) is 2.63. The normalized spacial score (nSPS) is 14.0. The van der Waals surface area contributed by atoms with Crippen LogP contribution in [0.4, 0.5) is 5.69 Å². The number of fused-ring (bicyclic) bond motifs is 2. The molecule has 1 aliphatic rings. The predicted octanol–water partition coefficient (Wildman–Crippen LogP) is 3.01. The lowest BCUT2D eigenvalue weighted by molar-refractivity contribution is -0.385. The van der Waals surface area contributed by atoms with Crippen LogP contribution >= 0.6 is 0 Å². The molecule has 0 bridgehead atoms. The fourth-order valence-electron chi connectivity index (χ4n) is 3.86. The third-order valence-corrected chi connectivity index (χ3v) is 5.21. The van der Waals surface area contributed by atoms with Crippen LogP contribution in [0.2, 0.25) is 0 Å². The van der Waals surface area contributed by atoms with Gasteiger partial charge in [0.15, 0.2) is 11.5 Å². The number of nitro benzene ring substituents is 1. The number of para-hydroxylation sites is 1. The molecule has 1 heterocycles. The maximum absolute atomic E-state index is 11.9. The van der Waals surface area contributed by atoms with Crippen molar-refractivity contribution in [3.63, 3.8) is 0 Å². The van der Waals surface area contributed by atoms with Crippen LogP contribution in [0.3, 0.4) is 0 Å². The highest BCUT2D eigenvalue weighted by atomic mass is 16.6. The van der Waals surface area contributed by atoms with Crippen LogP contribution in [0.5, 0.6) is 11.5 Å². The van der Waals surface area contributed by atoms with Crippen molar-refractivity contribution >= 4 is 34.2 Å². The quantitative estimate of drug-likeness (QED) is 0.473. The molecule has 0 amide bonds. The molecule has 0 radical (unpaired) electrons. The van der Waals surface area contributed by atoms with Crippen molar-refractivity contribution in [3.8, 4) is 11.5 Å². The number of benzene rings is 2. The van der Waals surface area contributed by atoms with Gasteiger partial charge in [0.1, 0.15) is 0 Å². The predicted molar refractivity (Wildman–Crippen MR) is 108 cm³/mol. The molecule has 1 aliphatic carbocycles. The summed E-state index contributed by atoms with van der Waals surface area (Å²) in [6.45, 7) is 0. The lowest BCUT2D eigenvalue weighted by Crippen LogP contribution is -2.24. The molecular weight excluding hydrogens is 388 g/mol. The molecular formula is C22H17N2O6-. The Bertz CT molecular complexity index is 1230. The van der Waals surface area contributed by atoms with Crippen LogP contribution in [0, 0.1) is 10.1 Å². The molecule has 0 aliphatic heterocycles. The third-order valence-electron chi connectivity index (χ3n) is 5.21. The van der Waals surface area contributed by atoms with E-state index in [2.05, 4.69) is 4.98 Å². The Morgan fingerprint density at radius 3 is 2.50 bits per heavy atom. The number of carboxylic acid groups (broad SMARTS) is 1. The second kappa shape index (κ2) is 7.47. The summed E-state index contributed by atoms with van der Waals surface area (Å²) in [5.74, 6) is -0.653. The number of carbonyl (C=O) groups is 1. The highest BCUT2D eigenvalue weighted by Crippen LogP contribution is 2.40. The van der Waals surface area contributed by atoms with E-state index in [-0.39, 0.29) is 17.0 Å². The molecule has 0 unspecified atom stereocenters. The first-order valence-corrected chi connectivity index (χ1v) is 9.19. The molecule has 152 valence electrons. The fourth-order valence-corrected chi connectivity index (χ4v) is 3.86. The Morgan fingerprint density at radius 1 is 1.13 bits per heavy atom. The largest absolute Gasteiger partial charge is 0.545 e. The number of ether oxygens (including phenoxy) is 2. The highest BCUT2D eigenvalue weighted by Gasteiger charge is 2.26. The molecule has 0 saturated heterocycles. The SMILES string of the molecule is COc1cc(/C=C2\CCc3c2nc2ccccc2c3C(=O)[O-])c([N+](=O)[O-])cc1OC. The van der Waals surface area contributed by atoms with Crippen molar-refractivity contribution < 1.29 is 24.3 Å². The maximum atomic E-state index is 11.9. The van der Waals surface area contributed by atoms with Gasteiger partial charge < -0.3 is 19.4 Å². The third kappa shape index (κ3) is 3.12. The van der Waals surface area contributed by atoms with E-state index in [0.29, 0.717) is 51.9 Å². The molecule has 0 fully saturated rings. The van der Waals surface area contributed by atoms with E-state index in [9.17, 15) is 20.0 Å². The second-order valence-electron chi connectivity index (χ2n) is 6.81. The number of carboxylic acids is 1. The Balaban J connectivity index is 1.94. The molecule has 4 rings (SSSR count). The number of nitro groups is 1. The number of carbonyl (C=O) groups excluding carboxylic acids is 1. The van der Waals surface area contributed by atoms with Gasteiger partial charge in [0.2, 0.25) is 0 Å². The molecule has 30 heavy (non-hydrogen) atoms. The number of pyridine rings is 1. The van der Waals surface area contributed by atoms with Crippen LogP contribution in [-0.2, 0) is 6.42 Å². The number of methoxy groups -OCH3 is 2. The zero-order valence-electron chi connectivity index (χ0n) is 16.3. The number of nitrogens with zero attached hydrogens (tertiary/aromatic N) is 2. The van der Waals surface area contributed by atoms with E-state index in [0.717, 1.165) is 0 Å². The van der Waals surface area contributed by atoms with Crippen molar-refractivity contribution in [3.05, 3.63) is 68.9 Å². The topological polar surface area (TPSA) is 115 Å². The molecule has 3 aromatic rings. The number of aromatic carboxylic acids is 1. The zero-order chi connectivity index (χ0) is 21.4. The van der Waals surface area contributed by atoms with E-state index in [4.69, 9.17) is 9.47 Å². The minimum absolute atomic E-state index is 0.126. The van der Waals surface area contributed by atoms with Crippen LogP contribution in [-0.4, -0.2) is 30.1 Å². The number of hydrogen-bond acceptors (Lipinski definition) is 7. The van der Waals surface area contributed by atoms with E-state index >= 15 is 0 Å². The minimum atomic E-state index is -1.26. The lowest BCUT2D eigenvalue weighted by atomic mass is 10.0. The molecule has 8 nitrogen and oxygen atoms in total. The molecule has 0 saturated carbocycles. The fraction of sp³-hybridized carbons (Fsp3) is 0.182. The van der Waals surface area contributed by atoms with Crippen molar-refractivity contribution in [1.29, 1.82) is 0 Å². The van der Waals surface area contributed by atoms with Crippen LogP contribution in [0.25, 0.3) is 22.6 Å². The summed E-state index contributed by atoms with van der Waals surface area (Å²) >= 11 is 0. The molecule has 2 aromatic carbocycles. The number of rotatable bonds is 5. The standard InChI is InChI=1S/C22H18N2O6/c1-29-18-10-13(17(24(27)28)11-19(18)30-2)9-12-7-8-15-20(22(25)26)14-5-3-4-6-16(14)23-21(12)15/h3-6,9-11H,7-8H2,1-2H3,(H,25,26)/p-1/b12-9+. The van der Waals surface area contributed by atoms with Gasteiger partial charge in [-0.05, 0) is 42.2 Å². The first kappa shape index (κ1) is 19.4. The number of allylic oxidation sites excluding steroid dienone is 1. The summed E-state index contributed by atoms with van der Waals surface area (Å²) in [4.78, 5) is 27.6. The summed E-state index contributed by atoms with van der Waals surface area (Å²) in [6, 6.07) is 9.80. The Kier molecular flexibility index (Phi) is 4.83. The average Bonchev–Trinajstić information content (AvgIpc) is 3.13. The summed E-state index contributed by atoms with van der Waals surface area (Å²) in [5, 5.41) is 24.0. The zero-order valence-corrected chi connectivity index (χ0v) is 16.3. The van der Waals surface area contributed by atoms with Crippen molar-refractivity contribution in [2.45, 2.75) is 12.8 Å². The van der Waals surface area contributed by atoms with E-state index in [1.54, 1.807) is 30.3 Å². The Morgan fingerprint density at radius 2 is 1.83 bits per heavy atom. The Hall–Kier alpha value is -3.94. The van der Waals surface area contributed by atoms with Gasteiger partial charge in [-0.15, -0.1) is 0 Å². The molecule has 0 spiro atoms. The van der Waals surface area contributed by atoms with Gasteiger partial charge in [0.05, 0.1) is 48.0 Å². The molecule has 1 aromatic heterocycles. The minimum Gasteiger partial charge on any atom is -0.545 e. The van der Waals surface area contributed by atoms with E-state index in [1.165, 1.54) is 26.4 Å². The van der Waals surface area contributed by atoms with Crippen molar-refractivity contribution in [2.75, 3.05) is 14.2 Å². The number of hydrogen-bond donors (Lipinski definition) is 0. The van der Waals surface area contributed by atoms with Gasteiger partial charge in [0, 0.05) is 10.9 Å². The summed E-state index contributed by atoms with van der Waals surface area (Å²) in [5.41, 5.74) is 2.67. The monoisotopic (exact) mass is 405 g/mol. The van der Waals surface area contributed by atoms with Crippen LogP contribution < -0.4 is 14.6 Å². The first-order chi connectivity index (χ1) is 14.4. The molecule has 0 atom stereocenters. The van der Waals surface area contributed by atoms with E-state index < -0.39 is 10.9 Å². The van der Waals surface area contributed by atoms with Gasteiger partial charge in [-0.3, -0.25) is 10.1 Å². The van der Waals surface area contributed by atoms with E-state index in [1.807, 2.05) is 0 Å². The average molecular weight is 405 g/mol. The lowest BCUT2D eigenvalue weighted by Gasteiger charge is -2.13. The molecule has 8 heteroatoms. The molecule has 0 N–H and O–H groups in total. The van der Waals surface area contributed by atoms with Crippen LogP contribution in [0.1, 0.15) is 33.6 Å². The van der Waals surface area contributed by atoms with Crippen LogP contribution in [0.15, 0.2) is 36.4 Å². The van der Waals surface area contributed by atoms with Crippen molar-refractivity contribution in [2.24, 2.45) is 0 Å².